The van der Waals surface area contributed by atoms with Crippen LogP contribution in [0, 0.1) is 5.92 Å². The van der Waals surface area contributed by atoms with Crippen molar-refractivity contribution in [3.63, 3.8) is 0 Å². The van der Waals surface area contributed by atoms with Crippen LogP contribution in [0.5, 0.6) is 0 Å². The molecular weight excluding hydrogens is 270 g/mol. The fourth-order valence-corrected chi connectivity index (χ4v) is 3.20. The molecule has 6 heteroatoms. The lowest BCUT2D eigenvalue weighted by molar-refractivity contribution is -0.127. The maximum atomic E-state index is 12.2. The number of hydrogen-bond acceptors (Lipinski definition) is 4. The highest BCUT2D eigenvalue weighted by Gasteiger charge is 2.35. The van der Waals surface area contributed by atoms with E-state index in [0.29, 0.717) is 11.7 Å². The fraction of sp³-hybridized carbons (Fsp3) is 0.733. The van der Waals surface area contributed by atoms with Crippen LogP contribution >= 0.6 is 0 Å². The van der Waals surface area contributed by atoms with Crippen molar-refractivity contribution >= 4 is 11.7 Å². The fourth-order valence-electron chi connectivity index (χ4n) is 3.20. The molecule has 1 amide bonds. The molecule has 1 aromatic heterocycles. The van der Waals surface area contributed by atoms with Gasteiger partial charge >= 0.3 is 0 Å². The molecule has 2 aliphatic heterocycles. The number of nitrogens with one attached hydrogen (secondary N) is 2. The Labute approximate surface area is 124 Å². The highest BCUT2D eigenvalue weighted by atomic mass is 16.5. The molecule has 21 heavy (non-hydrogen) atoms. The monoisotopic (exact) mass is 293 g/mol. The molecular formula is C15H23N3O3. The summed E-state index contributed by atoms with van der Waals surface area (Å²) in [6, 6.07) is 1.90. The number of hydrogen-bond donors (Lipinski definition) is 2. The van der Waals surface area contributed by atoms with Crippen LogP contribution in [-0.4, -0.2) is 41.5 Å². The third-order valence-electron chi connectivity index (χ3n) is 4.31. The minimum atomic E-state index is -0.377. The lowest BCUT2D eigenvalue weighted by Gasteiger charge is -2.20. The molecule has 0 radical (unpaired) electrons. The molecule has 2 aliphatic rings. The third kappa shape index (κ3) is 3.27. The number of anilines is 1. The Balaban J connectivity index is 1.60. The molecule has 0 saturated carbocycles. The normalized spacial score (nSPS) is 33.0. The molecule has 3 rings (SSSR count). The number of aromatic nitrogens is 2. The molecule has 0 spiro atoms. The van der Waals surface area contributed by atoms with E-state index in [1.807, 2.05) is 19.9 Å². The summed E-state index contributed by atoms with van der Waals surface area (Å²) < 4.78 is 11.1. The zero-order chi connectivity index (χ0) is 14.8. The first kappa shape index (κ1) is 14.5. The Bertz CT molecular complexity index is 496. The first-order chi connectivity index (χ1) is 10.1. The molecule has 6 nitrogen and oxygen atoms in total. The Morgan fingerprint density at radius 3 is 3.00 bits per heavy atom. The third-order valence-corrected chi connectivity index (χ3v) is 4.31. The van der Waals surface area contributed by atoms with Crippen LogP contribution < -0.4 is 5.32 Å². The van der Waals surface area contributed by atoms with Gasteiger partial charge in [-0.1, -0.05) is 6.92 Å². The number of carbonyl (C=O) groups is 1. The average molecular weight is 293 g/mol. The number of ether oxygens (including phenoxy) is 2. The number of H-pyrrole nitrogens is 1. The largest absolute Gasteiger partial charge is 0.381 e. The smallest absolute Gasteiger partial charge is 0.254 e. The Hall–Kier alpha value is -1.40. The zero-order valence-electron chi connectivity index (χ0n) is 12.6. The lowest BCUT2D eigenvalue weighted by Crippen LogP contribution is -2.31. The molecule has 1 aromatic rings. The van der Waals surface area contributed by atoms with Gasteiger partial charge < -0.3 is 14.8 Å². The summed E-state index contributed by atoms with van der Waals surface area (Å²) in [4.78, 5) is 12.2. The van der Waals surface area contributed by atoms with Gasteiger partial charge in [-0.2, -0.15) is 5.10 Å². The summed E-state index contributed by atoms with van der Waals surface area (Å²) >= 11 is 0. The summed E-state index contributed by atoms with van der Waals surface area (Å²) in [5.74, 6) is 1.05. The lowest BCUT2D eigenvalue weighted by atomic mass is 9.99. The topological polar surface area (TPSA) is 76.2 Å². The predicted octanol–water partition coefficient (Wildman–Crippen LogP) is 2.06. The van der Waals surface area contributed by atoms with Crippen molar-refractivity contribution in [2.45, 2.75) is 51.2 Å². The van der Waals surface area contributed by atoms with Crippen molar-refractivity contribution < 1.29 is 14.3 Å². The van der Waals surface area contributed by atoms with Gasteiger partial charge in [-0.05, 0) is 32.1 Å². The van der Waals surface area contributed by atoms with Crippen molar-refractivity contribution in [2.24, 2.45) is 5.92 Å². The van der Waals surface area contributed by atoms with Crippen LogP contribution in [0.25, 0.3) is 0 Å². The molecule has 0 bridgehead atoms. The zero-order valence-corrected chi connectivity index (χ0v) is 12.6. The van der Waals surface area contributed by atoms with Crippen LogP contribution in [0.15, 0.2) is 6.07 Å². The van der Waals surface area contributed by atoms with Crippen molar-refractivity contribution in [1.29, 1.82) is 0 Å². The highest BCUT2D eigenvalue weighted by Crippen LogP contribution is 2.28. The molecule has 116 valence electrons. The van der Waals surface area contributed by atoms with Crippen LogP contribution in [0.2, 0.25) is 0 Å². The SMILES string of the molecule is CC1CC(C)C(C(=O)Nc2cc(C3CCCOC3)[nH]n2)O1. The number of aromatic amines is 1. The maximum absolute atomic E-state index is 12.2. The first-order valence-electron chi connectivity index (χ1n) is 7.73. The second-order valence-corrected chi connectivity index (χ2v) is 6.19. The first-order valence-corrected chi connectivity index (χ1v) is 7.73. The van der Waals surface area contributed by atoms with E-state index in [9.17, 15) is 4.79 Å². The molecule has 4 unspecified atom stereocenters. The van der Waals surface area contributed by atoms with E-state index < -0.39 is 0 Å². The van der Waals surface area contributed by atoms with Crippen molar-refractivity contribution in [1.82, 2.24) is 10.2 Å². The quantitative estimate of drug-likeness (QED) is 0.894. The number of rotatable bonds is 3. The number of amides is 1. The van der Waals surface area contributed by atoms with Crippen LogP contribution in [0.4, 0.5) is 5.82 Å². The van der Waals surface area contributed by atoms with E-state index >= 15 is 0 Å². The molecule has 4 atom stereocenters. The number of nitrogens with zero attached hydrogens (tertiary/aromatic N) is 1. The molecule has 2 saturated heterocycles. The number of carbonyl (C=O) groups excluding carboxylic acids is 1. The minimum Gasteiger partial charge on any atom is -0.381 e. The van der Waals surface area contributed by atoms with Crippen LogP contribution in [0.3, 0.4) is 0 Å². The molecule has 3 heterocycles. The van der Waals surface area contributed by atoms with Crippen molar-refractivity contribution in [3.05, 3.63) is 11.8 Å². The van der Waals surface area contributed by atoms with Gasteiger partial charge in [0.2, 0.25) is 0 Å². The van der Waals surface area contributed by atoms with E-state index in [0.717, 1.165) is 38.2 Å². The summed E-state index contributed by atoms with van der Waals surface area (Å²) in [6.07, 6.45) is 2.85. The highest BCUT2D eigenvalue weighted by molar-refractivity contribution is 5.93. The molecule has 2 fully saturated rings. The molecule has 0 aliphatic carbocycles. The van der Waals surface area contributed by atoms with Crippen LogP contribution in [-0.2, 0) is 14.3 Å². The standard InChI is InChI=1S/C15H23N3O3/c1-9-6-10(2)21-14(9)15(19)16-13-7-12(17-18-13)11-4-3-5-20-8-11/h7,9-11,14H,3-6,8H2,1-2H3,(H2,16,17,18,19). The summed E-state index contributed by atoms with van der Waals surface area (Å²) in [5, 5.41) is 10.0. The van der Waals surface area contributed by atoms with Gasteiger partial charge in [-0.3, -0.25) is 9.89 Å². The van der Waals surface area contributed by atoms with Crippen LogP contribution in [0.1, 0.15) is 44.7 Å². The summed E-state index contributed by atoms with van der Waals surface area (Å²) in [5.41, 5.74) is 1.03. The van der Waals surface area contributed by atoms with Crippen molar-refractivity contribution in [3.8, 4) is 0 Å². The second kappa shape index (κ2) is 6.15. The van der Waals surface area contributed by atoms with Crippen molar-refractivity contribution in [2.75, 3.05) is 18.5 Å². The maximum Gasteiger partial charge on any atom is 0.254 e. The molecule has 2 N–H and O–H groups in total. The van der Waals surface area contributed by atoms with Gasteiger partial charge in [-0.25, -0.2) is 0 Å². The Morgan fingerprint density at radius 2 is 2.33 bits per heavy atom. The Morgan fingerprint density at radius 1 is 1.48 bits per heavy atom. The second-order valence-electron chi connectivity index (χ2n) is 6.19. The van der Waals surface area contributed by atoms with Gasteiger partial charge in [-0.15, -0.1) is 0 Å². The van der Waals surface area contributed by atoms with Gasteiger partial charge in [0.15, 0.2) is 5.82 Å². The van der Waals surface area contributed by atoms with E-state index in [1.165, 1.54) is 0 Å². The summed E-state index contributed by atoms with van der Waals surface area (Å²) in [6.45, 7) is 5.60. The van der Waals surface area contributed by atoms with Gasteiger partial charge in [0.25, 0.3) is 5.91 Å². The van der Waals surface area contributed by atoms with E-state index in [-0.39, 0.29) is 24.0 Å². The summed E-state index contributed by atoms with van der Waals surface area (Å²) in [7, 11) is 0. The van der Waals surface area contributed by atoms with E-state index in [1.54, 1.807) is 0 Å². The molecule has 0 aromatic carbocycles. The Kier molecular flexibility index (Phi) is 4.26. The van der Waals surface area contributed by atoms with Gasteiger partial charge in [0, 0.05) is 24.3 Å². The van der Waals surface area contributed by atoms with Gasteiger partial charge in [0.05, 0.1) is 12.7 Å². The predicted molar refractivity (Wildman–Crippen MR) is 78.1 cm³/mol. The average Bonchev–Trinajstić information content (AvgIpc) is 3.06. The van der Waals surface area contributed by atoms with E-state index in [2.05, 4.69) is 15.5 Å². The van der Waals surface area contributed by atoms with E-state index in [4.69, 9.17) is 9.47 Å². The minimum absolute atomic E-state index is 0.107. The van der Waals surface area contributed by atoms with Gasteiger partial charge in [0.1, 0.15) is 6.10 Å².